The zero-order valence-electron chi connectivity index (χ0n) is 14.9. The van der Waals surface area contributed by atoms with Crippen molar-refractivity contribution in [3.8, 4) is 0 Å². The van der Waals surface area contributed by atoms with Crippen LogP contribution in [0.15, 0.2) is 4.99 Å². The molecule has 0 aliphatic carbocycles. The zero-order valence-corrected chi connectivity index (χ0v) is 14.9. The summed E-state index contributed by atoms with van der Waals surface area (Å²) in [6, 6.07) is 0. The fourth-order valence-electron chi connectivity index (χ4n) is 2.48. The summed E-state index contributed by atoms with van der Waals surface area (Å²) in [5.74, 6) is 2.53. The van der Waals surface area contributed by atoms with Gasteiger partial charge in [-0.05, 0) is 20.8 Å². The molecule has 1 aliphatic rings. The molecule has 1 amide bonds. The van der Waals surface area contributed by atoms with Crippen LogP contribution in [0, 0.1) is 6.92 Å². The average Bonchev–Trinajstić information content (AvgIpc) is 2.91. The topological polar surface area (TPSA) is 87.9 Å². The summed E-state index contributed by atoms with van der Waals surface area (Å²) in [6.07, 6.45) is -0.242. The minimum atomic E-state index is -0.242. The second-order valence-electron chi connectivity index (χ2n) is 5.57. The number of rotatable bonds is 4. The van der Waals surface area contributed by atoms with Crippen LogP contribution in [0.25, 0.3) is 0 Å². The van der Waals surface area contributed by atoms with Crippen LogP contribution < -0.4 is 5.32 Å². The lowest BCUT2D eigenvalue weighted by molar-refractivity contribution is 0.0914. The van der Waals surface area contributed by atoms with Crippen molar-refractivity contribution < 1.29 is 9.53 Å². The van der Waals surface area contributed by atoms with E-state index in [1.54, 1.807) is 4.90 Å². The highest BCUT2D eigenvalue weighted by Crippen LogP contribution is 2.06. The van der Waals surface area contributed by atoms with E-state index >= 15 is 0 Å². The Labute approximate surface area is 142 Å². The Morgan fingerprint density at radius 1 is 1.21 bits per heavy atom. The van der Waals surface area contributed by atoms with Crippen LogP contribution in [0.2, 0.25) is 0 Å². The third kappa shape index (κ3) is 4.36. The summed E-state index contributed by atoms with van der Waals surface area (Å²) >= 11 is 0. The van der Waals surface area contributed by atoms with Crippen LogP contribution in [0.3, 0.4) is 0 Å². The molecule has 2 rings (SSSR count). The van der Waals surface area contributed by atoms with Crippen molar-refractivity contribution in [2.75, 3.05) is 39.3 Å². The van der Waals surface area contributed by atoms with Crippen LogP contribution in [0.1, 0.15) is 25.5 Å². The number of carbonyl (C=O) groups is 1. The largest absolute Gasteiger partial charge is 0.450 e. The molecule has 1 aromatic rings. The summed E-state index contributed by atoms with van der Waals surface area (Å²) in [7, 11) is 1.94. The Morgan fingerprint density at radius 3 is 2.42 bits per heavy atom. The molecule has 0 radical (unpaired) electrons. The van der Waals surface area contributed by atoms with Crippen molar-refractivity contribution >= 4 is 12.1 Å². The first-order chi connectivity index (χ1) is 11.6. The predicted molar refractivity (Wildman–Crippen MR) is 90.7 cm³/mol. The molecule has 24 heavy (non-hydrogen) atoms. The molecule has 2 heterocycles. The molecular formula is C15H27N7O2. The highest BCUT2D eigenvalue weighted by atomic mass is 16.6. The molecule has 1 saturated heterocycles. The van der Waals surface area contributed by atoms with Crippen molar-refractivity contribution in [1.29, 1.82) is 0 Å². The number of nitrogens with zero attached hydrogens (tertiary/aromatic N) is 6. The van der Waals surface area contributed by atoms with E-state index < -0.39 is 0 Å². The number of nitrogens with one attached hydrogen (secondary N) is 1. The van der Waals surface area contributed by atoms with Gasteiger partial charge in [0.05, 0.1) is 6.61 Å². The molecule has 0 bridgehead atoms. The Morgan fingerprint density at radius 2 is 1.88 bits per heavy atom. The highest BCUT2D eigenvalue weighted by molar-refractivity contribution is 5.80. The van der Waals surface area contributed by atoms with Crippen molar-refractivity contribution in [3.05, 3.63) is 11.6 Å². The number of hydrogen-bond acceptors (Lipinski definition) is 5. The number of carbonyl (C=O) groups excluding carboxylic acids is 1. The minimum Gasteiger partial charge on any atom is -0.450 e. The van der Waals surface area contributed by atoms with Gasteiger partial charge in [0, 0.05) is 39.8 Å². The molecule has 9 heteroatoms. The molecule has 9 nitrogen and oxygen atoms in total. The van der Waals surface area contributed by atoms with Gasteiger partial charge in [0.15, 0.2) is 11.8 Å². The molecule has 0 unspecified atom stereocenters. The molecule has 1 fully saturated rings. The standard InChI is InChI=1S/C15H27N7O2/c1-5-16-14(17-11-13-19-18-12(3)20(13)4)21-7-9-22(10-8-21)15(23)24-6-2/h5-11H2,1-4H3,(H,16,17). The van der Waals surface area contributed by atoms with Gasteiger partial charge < -0.3 is 24.4 Å². The van der Waals surface area contributed by atoms with Gasteiger partial charge in [0.2, 0.25) is 0 Å². The first-order valence-electron chi connectivity index (χ1n) is 8.36. The van der Waals surface area contributed by atoms with Crippen molar-refractivity contribution in [1.82, 2.24) is 29.9 Å². The number of hydrogen-bond donors (Lipinski definition) is 1. The van der Waals surface area contributed by atoms with E-state index in [4.69, 9.17) is 4.74 Å². The maximum atomic E-state index is 11.8. The van der Waals surface area contributed by atoms with Crippen LogP contribution in [0.4, 0.5) is 4.79 Å². The van der Waals surface area contributed by atoms with E-state index in [1.165, 1.54) is 0 Å². The monoisotopic (exact) mass is 337 g/mol. The predicted octanol–water partition coefficient (Wildman–Crippen LogP) is 0.363. The van der Waals surface area contributed by atoms with E-state index in [0.29, 0.717) is 26.2 Å². The molecule has 1 aliphatic heterocycles. The second-order valence-corrected chi connectivity index (χ2v) is 5.57. The maximum Gasteiger partial charge on any atom is 0.409 e. The number of piperazine rings is 1. The fraction of sp³-hybridized carbons (Fsp3) is 0.733. The molecule has 134 valence electrons. The van der Waals surface area contributed by atoms with Crippen molar-refractivity contribution in [2.24, 2.45) is 12.0 Å². The number of ether oxygens (including phenoxy) is 1. The Kier molecular flexibility index (Phi) is 6.39. The number of amides is 1. The maximum absolute atomic E-state index is 11.8. The molecular weight excluding hydrogens is 310 g/mol. The van der Waals surface area contributed by atoms with Gasteiger partial charge in [-0.1, -0.05) is 0 Å². The second kappa shape index (κ2) is 8.51. The van der Waals surface area contributed by atoms with E-state index in [2.05, 4.69) is 25.4 Å². The van der Waals surface area contributed by atoms with Gasteiger partial charge in [-0.25, -0.2) is 9.79 Å². The van der Waals surface area contributed by atoms with E-state index in [-0.39, 0.29) is 6.09 Å². The normalized spacial score (nSPS) is 15.6. The third-order valence-corrected chi connectivity index (χ3v) is 3.99. The first kappa shape index (κ1) is 18.0. The average molecular weight is 337 g/mol. The Balaban J connectivity index is 1.97. The summed E-state index contributed by atoms with van der Waals surface area (Å²) in [4.78, 5) is 20.3. The molecule has 0 aromatic carbocycles. The summed E-state index contributed by atoms with van der Waals surface area (Å²) in [6.45, 7) is 10.1. The minimum absolute atomic E-state index is 0.242. The third-order valence-electron chi connectivity index (χ3n) is 3.99. The molecule has 0 saturated carbocycles. The molecule has 1 N–H and O–H groups in total. The number of aryl methyl sites for hydroxylation is 1. The Bertz CT molecular complexity index is 576. The van der Waals surface area contributed by atoms with E-state index in [9.17, 15) is 4.79 Å². The van der Waals surface area contributed by atoms with Crippen LogP contribution in [0.5, 0.6) is 0 Å². The lowest BCUT2D eigenvalue weighted by atomic mass is 10.3. The van der Waals surface area contributed by atoms with Crippen LogP contribution in [-0.4, -0.2) is 75.9 Å². The van der Waals surface area contributed by atoms with E-state index in [0.717, 1.165) is 37.2 Å². The molecule has 1 aromatic heterocycles. The van der Waals surface area contributed by atoms with Gasteiger partial charge in [-0.15, -0.1) is 10.2 Å². The molecule has 0 spiro atoms. The number of guanidine groups is 1. The first-order valence-corrected chi connectivity index (χ1v) is 8.36. The van der Waals surface area contributed by atoms with Crippen molar-refractivity contribution in [3.63, 3.8) is 0 Å². The van der Waals surface area contributed by atoms with Crippen LogP contribution >= 0.6 is 0 Å². The highest BCUT2D eigenvalue weighted by Gasteiger charge is 2.23. The quantitative estimate of drug-likeness (QED) is 0.631. The fourth-order valence-corrected chi connectivity index (χ4v) is 2.48. The van der Waals surface area contributed by atoms with Gasteiger partial charge in [-0.2, -0.15) is 0 Å². The summed E-state index contributed by atoms with van der Waals surface area (Å²) in [5, 5.41) is 11.5. The van der Waals surface area contributed by atoms with Gasteiger partial charge in [0.1, 0.15) is 12.4 Å². The number of aliphatic imine (C=N–C) groups is 1. The molecule has 0 atom stereocenters. The van der Waals surface area contributed by atoms with Gasteiger partial charge in [0.25, 0.3) is 0 Å². The Hall–Kier alpha value is -2.32. The zero-order chi connectivity index (χ0) is 17.5. The SMILES string of the molecule is CCNC(=NCc1nnc(C)n1C)N1CCN(C(=O)OCC)CC1. The van der Waals surface area contributed by atoms with Crippen LogP contribution in [-0.2, 0) is 18.3 Å². The van der Waals surface area contributed by atoms with Crippen molar-refractivity contribution in [2.45, 2.75) is 27.3 Å². The van der Waals surface area contributed by atoms with Gasteiger partial charge in [-0.3, -0.25) is 0 Å². The van der Waals surface area contributed by atoms with Gasteiger partial charge >= 0.3 is 6.09 Å². The smallest absolute Gasteiger partial charge is 0.409 e. The van der Waals surface area contributed by atoms with E-state index in [1.807, 2.05) is 32.4 Å². The lowest BCUT2D eigenvalue weighted by Crippen LogP contribution is -2.53. The lowest BCUT2D eigenvalue weighted by Gasteiger charge is -2.35. The summed E-state index contributed by atoms with van der Waals surface area (Å²) < 4.78 is 6.99. The summed E-state index contributed by atoms with van der Waals surface area (Å²) in [5.41, 5.74) is 0. The number of aromatic nitrogens is 3.